The second-order valence-electron chi connectivity index (χ2n) is 11.0. The van der Waals surface area contributed by atoms with E-state index in [1.165, 1.54) is 21.3 Å². The summed E-state index contributed by atoms with van der Waals surface area (Å²) in [7, 11) is 6.42. The van der Waals surface area contributed by atoms with E-state index in [0.717, 1.165) is 68.1 Å². The van der Waals surface area contributed by atoms with E-state index in [4.69, 9.17) is 42.4 Å². The van der Waals surface area contributed by atoms with Gasteiger partial charge in [0.05, 0.1) is 42.4 Å². The first-order valence-electron chi connectivity index (χ1n) is 14.7. The number of methoxy groups -OCH3 is 3. The summed E-state index contributed by atoms with van der Waals surface area (Å²) < 4.78 is 16.4. The lowest BCUT2D eigenvalue weighted by Gasteiger charge is -2.28. The SMILES string of the molecule is COc1cc(C(=O)N(C)CC(CCN2CCCN(c3nc4ccccc4[nH]3)CC2)c2ccc(Cl)c(Cl)c2)cc(OC)c1OC. The number of imidazole rings is 1. The standard InChI is InChI=1S/C33H39Cl2N5O4/c1-38(32(41)24-19-29(42-2)31(44-4)30(20-24)43-3)21-23(22-10-11-25(34)26(35)18-22)12-15-39-13-7-14-40(17-16-39)33-36-27-8-5-6-9-28(27)37-33/h5-6,8-11,18-20,23H,7,12-17,21H2,1-4H3,(H,36,37). The third-order valence-electron chi connectivity index (χ3n) is 8.23. The average Bonchev–Trinajstić information content (AvgIpc) is 3.34. The number of fused-ring (bicyclic) bond motifs is 1. The molecule has 2 heterocycles. The summed E-state index contributed by atoms with van der Waals surface area (Å²) in [6, 6.07) is 17.2. The Morgan fingerprint density at radius 2 is 1.70 bits per heavy atom. The first-order chi connectivity index (χ1) is 21.3. The van der Waals surface area contributed by atoms with E-state index in [-0.39, 0.29) is 11.8 Å². The number of hydrogen-bond acceptors (Lipinski definition) is 7. The maximum atomic E-state index is 13.7. The molecule has 1 aliphatic rings. The summed E-state index contributed by atoms with van der Waals surface area (Å²) in [4.78, 5) is 28.5. The number of ether oxygens (including phenoxy) is 3. The minimum absolute atomic E-state index is 0.0375. The molecule has 1 N–H and O–H groups in total. The number of nitrogens with zero attached hydrogens (tertiary/aromatic N) is 4. The van der Waals surface area contributed by atoms with Crippen LogP contribution in [0.2, 0.25) is 10.0 Å². The lowest BCUT2D eigenvalue weighted by molar-refractivity contribution is 0.0782. The second kappa shape index (κ2) is 14.4. The number of aromatic nitrogens is 2. The van der Waals surface area contributed by atoms with Crippen molar-refractivity contribution in [3.05, 3.63) is 75.8 Å². The zero-order chi connectivity index (χ0) is 31.2. The van der Waals surface area contributed by atoms with Crippen molar-refractivity contribution >= 4 is 46.1 Å². The lowest BCUT2D eigenvalue weighted by Crippen LogP contribution is -2.35. The van der Waals surface area contributed by atoms with Crippen molar-refractivity contribution in [2.75, 3.05) is 72.5 Å². The van der Waals surface area contributed by atoms with Gasteiger partial charge in [-0.15, -0.1) is 0 Å². The average molecular weight is 641 g/mol. The first kappa shape index (κ1) is 31.8. The highest BCUT2D eigenvalue weighted by molar-refractivity contribution is 6.42. The molecule has 1 aromatic heterocycles. The highest BCUT2D eigenvalue weighted by atomic mass is 35.5. The molecule has 1 saturated heterocycles. The minimum atomic E-state index is -0.148. The number of carbonyl (C=O) groups excluding carboxylic acids is 1. The monoisotopic (exact) mass is 639 g/mol. The number of halogens is 2. The normalized spacial score (nSPS) is 14.7. The van der Waals surface area contributed by atoms with Crippen LogP contribution in [-0.2, 0) is 0 Å². The van der Waals surface area contributed by atoms with Crippen LogP contribution in [0, 0.1) is 0 Å². The molecule has 11 heteroatoms. The fraction of sp³-hybridized carbons (Fsp3) is 0.394. The third kappa shape index (κ3) is 7.17. The third-order valence-corrected chi connectivity index (χ3v) is 8.97. The number of amides is 1. The Balaban J connectivity index is 1.29. The van der Waals surface area contributed by atoms with Crippen LogP contribution in [-0.4, -0.2) is 93.3 Å². The van der Waals surface area contributed by atoms with Crippen LogP contribution < -0.4 is 19.1 Å². The summed E-state index contributed by atoms with van der Waals surface area (Å²) >= 11 is 12.7. The molecule has 0 bridgehead atoms. The summed E-state index contributed by atoms with van der Waals surface area (Å²) in [6.45, 7) is 5.11. The summed E-state index contributed by atoms with van der Waals surface area (Å²) in [5.41, 5.74) is 3.53. The molecule has 1 aliphatic heterocycles. The molecule has 4 aromatic rings. The zero-order valence-corrected chi connectivity index (χ0v) is 27.1. The molecule has 1 atom stereocenters. The highest BCUT2D eigenvalue weighted by Crippen LogP contribution is 2.38. The largest absolute Gasteiger partial charge is 0.493 e. The molecule has 5 rings (SSSR count). The van der Waals surface area contributed by atoms with Crippen molar-refractivity contribution in [1.82, 2.24) is 19.8 Å². The highest BCUT2D eigenvalue weighted by Gasteiger charge is 2.24. The summed E-state index contributed by atoms with van der Waals surface area (Å²) in [5.74, 6) is 2.12. The molecular formula is C33H39Cl2N5O4. The number of nitrogens with one attached hydrogen (secondary N) is 1. The number of benzene rings is 3. The maximum absolute atomic E-state index is 13.7. The van der Waals surface area contributed by atoms with Gasteiger partial charge in [-0.2, -0.15) is 0 Å². The predicted octanol–water partition coefficient (Wildman–Crippen LogP) is 6.35. The molecule has 234 valence electrons. The van der Waals surface area contributed by atoms with E-state index < -0.39 is 0 Å². The van der Waals surface area contributed by atoms with Crippen molar-refractivity contribution in [1.29, 1.82) is 0 Å². The van der Waals surface area contributed by atoms with E-state index in [2.05, 4.69) is 20.9 Å². The number of carbonyl (C=O) groups is 1. The van der Waals surface area contributed by atoms with Crippen LogP contribution in [0.15, 0.2) is 54.6 Å². The zero-order valence-electron chi connectivity index (χ0n) is 25.6. The quantitative estimate of drug-likeness (QED) is 0.205. The number of hydrogen-bond donors (Lipinski definition) is 1. The Hall–Kier alpha value is -3.66. The van der Waals surface area contributed by atoms with Gasteiger partial charge in [-0.25, -0.2) is 4.98 Å². The fourth-order valence-corrected chi connectivity index (χ4v) is 6.11. The van der Waals surface area contributed by atoms with Gasteiger partial charge in [-0.05, 0) is 67.9 Å². The van der Waals surface area contributed by atoms with Gasteiger partial charge in [-0.3, -0.25) is 4.79 Å². The van der Waals surface area contributed by atoms with Crippen LogP contribution in [0.3, 0.4) is 0 Å². The molecule has 0 aliphatic carbocycles. The predicted molar refractivity (Wildman–Crippen MR) is 176 cm³/mol. The lowest BCUT2D eigenvalue weighted by atomic mass is 9.94. The Morgan fingerprint density at radius 1 is 0.955 bits per heavy atom. The topological polar surface area (TPSA) is 83.2 Å². The number of aromatic amines is 1. The molecule has 3 aromatic carbocycles. The van der Waals surface area contributed by atoms with Gasteiger partial charge < -0.3 is 33.9 Å². The van der Waals surface area contributed by atoms with Crippen molar-refractivity contribution < 1.29 is 19.0 Å². The van der Waals surface area contributed by atoms with Crippen LogP contribution in [0.4, 0.5) is 5.95 Å². The smallest absolute Gasteiger partial charge is 0.253 e. The summed E-state index contributed by atoms with van der Waals surface area (Å²) in [6.07, 6.45) is 1.88. The van der Waals surface area contributed by atoms with Gasteiger partial charge in [0.2, 0.25) is 11.7 Å². The van der Waals surface area contributed by atoms with Gasteiger partial charge in [-0.1, -0.05) is 41.4 Å². The molecule has 9 nitrogen and oxygen atoms in total. The molecule has 1 unspecified atom stereocenters. The van der Waals surface area contributed by atoms with Crippen LogP contribution in [0.25, 0.3) is 11.0 Å². The first-order valence-corrected chi connectivity index (χ1v) is 15.5. The molecule has 0 saturated carbocycles. The number of rotatable bonds is 11. The molecular weight excluding hydrogens is 601 g/mol. The van der Waals surface area contributed by atoms with E-state index in [1.54, 1.807) is 17.0 Å². The van der Waals surface area contributed by atoms with E-state index in [0.29, 0.717) is 39.4 Å². The van der Waals surface area contributed by atoms with E-state index in [9.17, 15) is 4.79 Å². The van der Waals surface area contributed by atoms with E-state index >= 15 is 0 Å². The van der Waals surface area contributed by atoms with Crippen LogP contribution >= 0.6 is 23.2 Å². The number of H-pyrrole nitrogens is 1. The minimum Gasteiger partial charge on any atom is -0.493 e. The van der Waals surface area contributed by atoms with Gasteiger partial charge in [0.25, 0.3) is 5.91 Å². The van der Waals surface area contributed by atoms with Gasteiger partial charge >= 0.3 is 0 Å². The Labute approximate surface area is 268 Å². The van der Waals surface area contributed by atoms with Crippen molar-refractivity contribution in [2.45, 2.75) is 18.8 Å². The van der Waals surface area contributed by atoms with Crippen molar-refractivity contribution in [3.63, 3.8) is 0 Å². The number of likely N-dealkylation sites (N-methyl/N-ethyl adjacent to an activating group) is 1. The van der Waals surface area contributed by atoms with Gasteiger partial charge in [0, 0.05) is 44.7 Å². The van der Waals surface area contributed by atoms with Crippen molar-refractivity contribution in [3.8, 4) is 17.2 Å². The molecule has 1 amide bonds. The van der Waals surface area contributed by atoms with Gasteiger partial charge in [0.15, 0.2) is 11.5 Å². The van der Waals surface area contributed by atoms with Crippen LogP contribution in [0.5, 0.6) is 17.2 Å². The summed E-state index contributed by atoms with van der Waals surface area (Å²) in [5, 5.41) is 1.01. The molecule has 0 spiro atoms. The van der Waals surface area contributed by atoms with Gasteiger partial charge in [0.1, 0.15) is 0 Å². The fourth-order valence-electron chi connectivity index (χ4n) is 5.80. The van der Waals surface area contributed by atoms with Crippen LogP contribution in [0.1, 0.15) is 34.7 Å². The Kier molecular flexibility index (Phi) is 10.4. The Morgan fingerprint density at radius 3 is 2.39 bits per heavy atom. The number of anilines is 1. The Bertz CT molecular complexity index is 1540. The molecule has 1 fully saturated rings. The van der Waals surface area contributed by atoms with Crippen molar-refractivity contribution in [2.24, 2.45) is 0 Å². The molecule has 44 heavy (non-hydrogen) atoms. The van der Waals surface area contributed by atoms with E-state index in [1.807, 2.05) is 43.4 Å². The second-order valence-corrected chi connectivity index (χ2v) is 11.8. The number of para-hydroxylation sites is 2. The maximum Gasteiger partial charge on any atom is 0.253 e. The molecule has 0 radical (unpaired) electrons.